The van der Waals surface area contributed by atoms with Crippen molar-refractivity contribution in [1.29, 1.82) is 0 Å². The summed E-state index contributed by atoms with van der Waals surface area (Å²) in [7, 11) is 0. The Morgan fingerprint density at radius 3 is 2.57 bits per heavy atom. The molecular weight excluding hydrogens is 181 g/mol. The summed E-state index contributed by atoms with van der Waals surface area (Å²) in [6.45, 7) is 2.92. The van der Waals surface area contributed by atoms with Crippen LogP contribution in [0.3, 0.4) is 0 Å². The topological polar surface area (TPSA) is 29.1 Å². The maximum atomic E-state index is 12.5. The van der Waals surface area contributed by atoms with Crippen LogP contribution in [0.4, 0.5) is 4.39 Å². The van der Waals surface area contributed by atoms with Crippen molar-refractivity contribution in [2.24, 2.45) is 0 Å². The largest absolute Gasteiger partial charge is 0.312 e. The van der Waals surface area contributed by atoms with Gasteiger partial charge in [0.25, 0.3) is 0 Å². The first kappa shape index (κ1) is 10.9. The van der Waals surface area contributed by atoms with Crippen molar-refractivity contribution in [2.75, 3.05) is 6.54 Å². The van der Waals surface area contributed by atoms with E-state index in [0.29, 0.717) is 19.5 Å². The third-order valence-corrected chi connectivity index (χ3v) is 1.90. The first-order valence-corrected chi connectivity index (χ1v) is 4.63. The summed E-state index contributed by atoms with van der Waals surface area (Å²) in [5, 5.41) is 3.11. The second-order valence-electron chi connectivity index (χ2n) is 3.26. The minimum Gasteiger partial charge on any atom is -0.312 e. The first-order valence-electron chi connectivity index (χ1n) is 4.63. The van der Waals surface area contributed by atoms with Crippen molar-refractivity contribution in [2.45, 2.75) is 19.9 Å². The minimum atomic E-state index is -0.225. The highest BCUT2D eigenvalue weighted by molar-refractivity contribution is 5.75. The maximum absolute atomic E-state index is 12.5. The molecule has 0 aliphatic heterocycles. The Kier molecular flexibility index (Phi) is 4.26. The average molecular weight is 195 g/mol. The van der Waals surface area contributed by atoms with E-state index in [2.05, 4.69) is 5.32 Å². The second kappa shape index (κ2) is 5.50. The number of halogens is 1. The molecule has 1 N–H and O–H groups in total. The van der Waals surface area contributed by atoms with Crippen LogP contribution in [0, 0.1) is 5.82 Å². The summed E-state index contributed by atoms with van der Waals surface area (Å²) in [6, 6.07) is 6.33. The molecule has 0 bridgehead atoms. The van der Waals surface area contributed by atoms with Crippen molar-refractivity contribution >= 4 is 5.78 Å². The van der Waals surface area contributed by atoms with Gasteiger partial charge in [0, 0.05) is 19.5 Å². The summed E-state index contributed by atoms with van der Waals surface area (Å²) in [6.07, 6.45) is 0.543. The fraction of sp³-hybridized carbons (Fsp3) is 0.364. The van der Waals surface area contributed by atoms with Crippen LogP contribution < -0.4 is 5.32 Å². The van der Waals surface area contributed by atoms with Gasteiger partial charge in [-0.3, -0.25) is 4.79 Å². The number of Topliss-reactive ketones (excluding diaryl/α,β-unsaturated/α-hetero) is 1. The summed E-state index contributed by atoms with van der Waals surface area (Å²) in [4.78, 5) is 10.6. The van der Waals surface area contributed by atoms with E-state index in [9.17, 15) is 9.18 Å². The third-order valence-electron chi connectivity index (χ3n) is 1.90. The van der Waals surface area contributed by atoms with Crippen LogP contribution in [0.15, 0.2) is 24.3 Å². The molecule has 0 saturated heterocycles. The number of carbonyl (C=O) groups is 1. The predicted octanol–water partition coefficient (Wildman–Crippen LogP) is 1.89. The van der Waals surface area contributed by atoms with Crippen LogP contribution in [0.5, 0.6) is 0 Å². The molecule has 3 heteroatoms. The Morgan fingerprint density at radius 2 is 2.00 bits per heavy atom. The summed E-state index contributed by atoms with van der Waals surface area (Å²) in [5.74, 6) is -0.0471. The van der Waals surface area contributed by atoms with Crippen LogP contribution in [0.2, 0.25) is 0 Å². The molecule has 0 heterocycles. The molecular formula is C11H14FNO. The lowest BCUT2D eigenvalue weighted by molar-refractivity contribution is -0.116. The molecule has 0 aliphatic carbocycles. The normalized spacial score (nSPS) is 10.1. The van der Waals surface area contributed by atoms with Gasteiger partial charge < -0.3 is 5.32 Å². The van der Waals surface area contributed by atoms with Gasteiger partial charge in [0.05, 0.1) is 0 Å². The molecule has 0 atom stereocenters. The number of nitrogens with one attached hydrogen (secondary N) is 1. The number of benzene rings is 1. The van der Waals surface area contributed by atoms with Gasteiger partial charge in [-0.05, 0) is 24.6 Å². The highest BCUT2D eigenvalue weighted by atomic mass is 19.1. The van der Waals surface area contributed by atoms with Crippen molar-refractivity contribution < 1.29 is 9.18 Å². The number of rotatable bonds is 5. The maximum Gasteiger partial charge on any atom is 0.131 e. The van der Waals surface area contributed by atoms with E-state index in [-0.39, 0.29) is 11.6 Å². The molecule has 0 aliphatic rings. The lowest BCUT2D eigenvalue weighted by atomic mass is 10.2. The lowest BCUT2D eigenvalue weighted by Crippen LogP contribution is -2.16. The van der Waals surface area contributed by atoms with E-state index in [1.54, 1.807) is 19.1 Å². The summed E-state index contributed by atoms with van der Waals surface area (Å²) >= 11 is 0. The summed E-state index contributed by atoms with van der Waals surface area (Å²) < 4.78 is 12.5. The molecule has 1 aromatic carbocycles. The zero-order valence-corrected chi connectivity index (χ0v) is 8.22. The predicted molar refractivity (Wildman–Crippen MR) is 53.4 cm³/mol. The van der Waals surface area contributed by atoms with E-state index >= 15 is 0 Å². The van der Waals surface area contributed by atoms with Gasteiger partial charge in [0.1, 0.15) is 11.6 Å². The lowest BCUT2D eigenvalue weighted by Gasteiger charge is -2.02. The van der Waals surface area contributed by atoms with E-state index in [0.717, 1.165) is 5.56 Å². The highest BCUT2D eigenvalue weighted by Gasteiger charge is 1.95. The smallest absolute Gasteiger partial charge is 0.131 e. The van der Waals surface area contributed by atoms with Crippen LogP contribution in [-0.2, 0) is 11.3 Å². The standard InChI is InChI=1S/C11H14FNO/c1-9(14)6-7-13-8-10-2-4-11(12)5-3-10/h2-5,13H,6-8H2,1H3. The van der Waals surface area contributed by atoms with Gasteiger partial charge in [-0.25, -0.2) is 4.39 Å². The van der Waals surface area contributed by atoms with Gasteiger partial charge >= 0.3 is 0 Å². The zero-order valence-electron chi connectivity index (χ0n) is 8.22. The van der Waals surface area contributed by atoms with E-state index in [4.69, 9.17) is 0 Å². The van der Waals surface area contributed by atoms with Gasteiger partial charge in [-0.1, -0.05) is 12.1 Å². The SMILES string of the molecule is CC(=O)CCNCc1ccc(F)cc1. The molecule has 0 amide bonds. The van der Waals surface area contributed by atoms with Crippen LogP contribution in [0.25, 0.3) is 0 Å². The highest BCUT2D eigenvalue weighted by Crippen LogP contribution is 2.01. The van der Waals surface area contributed by atoms with Crippen molar-refractivity contribution in [3.63, 3.8) is 0 Å². The zero-order chi connectivity index (χ0) is 10.4. The Hall–Kier alpha value is -1.22. The molecule has 76 valence electrons. The fourth-order valence-corrected chi connectivity index (χ4v) is 1.10. The number of ketones is 1. The molecule has 1 rings (SSSR count). The van der Waals surface area contributed by atoms with Crippen LogP contribution in [-0.4, -0.2) is 12.3 Å². The van der Waals surface area contributed by atoms with E-state index < -0.39 is 0 Å². The van der Waals surface area contributed by atoms with E-state index in [1.807, 2.05) is 0 Å². The van der Waals surface area contributed by atoms with Gasteiger partial charge in [-0.2, -0.15) is 0 Å². The van der Waals surface area contributed by atoms with Gasteiger partial charge in [0.15, 0.2) is 0 Å². The Morgan fingerprint density at radius 1 is 1.36 bits per heavy atom. The molecule has 0 aromatic heterocycles. The Labute approximate surface area is 83.1 Å². The monoisotopic (exact) mass is 195 g/mol. The quantitative estimate of drug-likeness (QED) is 0.727. The van der Waals surface area contributed by atoms with E-state index in [1.165, 1.54) is 12.1 Å². The number of hydrogen-bond donors (Lipinski definition) is 1. The molecule has 0 unspecified atom stereocenters. The Balaban J connectivity index is 2.25. The van der Waals surface area contributed by atoms with Crippen molar-refractivity contribution in [3.8, 4) is 0 Å². The Bertz CT molecular complexity index is 295. The summed E-state index contributed by atoms with van der Waals surface area (Å²) in [5.41, 5.74) is 1.02. The molecule has 2 nitrogen and oxygen atoms in total. The van der Waals surface area contributed by atoms with Crippen LogP contribution in [0.1, 0.15) is 18.9 Å². The van der Waals surface area contributed by atoms with Crippen molar-refractivity contribution in [3.05, 3.63) is 35.6 Å². The second-order valence-corrected chi connectivity index (χ2v) is 3.26. The van der Waals surface area contributed by atoms with Crippen LogP contribution >= 0.6 is 0 Å². The average Bonchev–Trinajstić information content (AvgIpc) is 2.15. The van der Waals surface area contributed by atoms with Crippen molar-refractivity contribution in [1.82, 2.24) is 5.32 Å². The molecule has 14 heavy (non-hydrogen) atoms. The molecule has 0 radical (unpaired) electrons. The first-order chi connectivity index (χ1) is 6.68. The van der Waals surface area contributed by atoms with Gasteiger partial charge in [0.2, 0.25) is 0 Å². The molecule has 1 aromatic rings. The number of hydrogen-bond acceptors (Lipinski definition) is 2. The molecule has 0 spiro atoms. The number of carbonyl (C=O) groups excluding carboxylic acids is 1. The molecule has 0 fully saturated rings. The molecule has 0 saturated carbocycles. The fourth-order valence-electron chi connectivity index (χ4n) is 1.10. The minimum absolute atomic E-state index is 0.177. The van der Waals surface area contributed by atoms with Gasteiger partial charge in [-0.15, -0.1) is 0 Å². The third kappa shape index (κ3) is 4.14.